The summed E-state index contributed by atoms with van der Waals surface area (Å²) in [6.07, 6.45) is -7.15. The largest absolute Gasteiger partial charge is 0.481 e. The molecule has 29 nitrogen and oxygen atoms in total. The molecule has 1 aliphatic rings. The van der Waals surface area contributed by atoms with Gasteiger partial charge in [0, 0.05) is 26.1 Å². The van der Waals surface area contributed by atoms with Crippen LogP contribution in [-0.4, -0.2) is 187 Å². The van der Waals surface area contributed by atoms with E-state index >= 15 is 0 Å². The van der Waals surface area contributed by atoms with Crippen LogP contribution in [-0.2, 0) is 63.8 Å². The SMILES string of the molecule is BNCC[C@@H]1NC(=O)[C@@H](NC(=O)[C@H](CC(=O)O)NC(=O)OC(C)(C)C)CCNC(=O)[C@H]([C@@H](C)O)NC(=O)[C@H](CCNC(=O)OC(C)(C)C)NC(=O)[C@H](CCNC(=O)OC(C)(C)C)NC(=O)[C@H](CC(C)C)NC(=O)[C@@H](Cc2ccccc2)NC1=O. The van der Waals surface area contributed by atoms with Gasteiger partial charge in [-0.05, 0) is 119 Å². The number of carbonyl (C=O) groups excluding carboxylic acids is 11. The number of aliphatic hydroxyl groups is 1. The highest BCUT2D eigenvalue weighted by Gasteiger charge is 2.37. The van der Waals surface area contributed by atoms with Gasteiger partial charge < -0.3 is 88.1 Å². The van der Waals surface area contributed by atoms with Gasteiger partial charge in [-0.25, -0.2) is 14.4 Å². The van der Waals surface area contributed by atoms with Crippen molar-refractivity contribution in [3.8, 4) is 0 Å². The van der Waals surface area contributed by atoms with Crippen LogP contribution in [0.25, 0.3) is 0 Å². The lowest BCUT2D eigenvalue weighted by molar-refractivity contribution is -0.140. The Bertz CT molecular complexity index is 2430. The van der Waals surface area contributed by atoms with E-state index in [0.29, 0.717) is 5.56 Å². The smallest absolute Gasteiger partial charge is 0.408 e. The monoisotopic (exact) mass is 1190 g/mol. The van der Waals surface area contributed by atoms with E-state index in [1.165, 1.54) is 20.8 Å². The Hall–Kier alpha value is -7.76. The molecule has 1 aliphatic heterocycles. The Balaban J connectivity index is 2.91. The van der Waals surface area contributed by atoms with E-state index in [2.05, 4.69) is 63.7 Å². The first-order valence-electron chi connectivity index (χ1n) is 27.9. The molecule has 1 saturated heterocycles. The van der Waals surface area contributed by atoms with E-state index in [9.17, 15) is 67.7 Å². The normalized spacial score (nSPS) is 21.9. The van der Waals surface area contributed by atoms with Crippen LogP contribution in [0, 0.1) is 5.92 Å². The first-order valence-corrected chi connectivity index (χ1v) is 27.9. The zero-order chi connectivity index (χ0) is 63.7. The second-order valence-corrected chi connectivity index (χ2v) is 23.6. The van der Waals surface area contributed by atoms with E-state index in [1.54, 1.807) is 93.7 Å². The molecule has 0 aromatic heterocycles. The number of carbonyl (C=O) groups is 12. The van der Waals surface area contributed by atoms with Gasteiger partial charge in [-0.3, -0.25) is 43.2 Å². The third-order valence-electron chi connectivity index (χ3n) is 11.9. The Morgan fingerprint density at radius 2 is 1.02 bits per heavy atom. The predicted molar refractivity (Wildman–Crippen MR) is 307 cm³/mol. The molecule has 0 unspecified atom stereocenters. The fourth-order valence-corrected chi connectivity index (χ4v) is 7.97. The number of carboxylic acids is 1. The molecular weight excluding hydrogens is 1100 g/mol. The Kier molecular flexibility index (Phi) is 29.4. The summed E-state index contributed by atoms with van der Waals surface area (Å²) < 4.78 is 15.9. The molecule has 1 heterocycles. The maximum atomic E-state index is 14.6. The minimum atomic E-state index is -1.84. The molecule has 11 amide bonds. The number of aliphatic carboxylic acids is 1. The lowest BCUT2D eigenvalue weighted by atomic mass is 10.00. The van der Waals surface area contributed by atoms with Crippen LogP contribution in [0.3, 0.4) is 0 Å². The van der Waals surface area contributed by atoms with E-state index in [1.807, 2.05) is 0 Å². The van der Waals surface area contributed by atoms with E-state index in [-0.39, 0.29) is 57.7 Å². The van der Waals surface area contributed by atoms with Crippen molar-refractivity contribution >= 4 is 79.5 Å². The number of hydrogen-bond donors (Lipinski definition) is 14. The van der Waals surface area contributed by atoms with Gasteiger partial charge in [0.1, 0.15) is 65.1 Å². The number of nitrogens with one attached hydrogen (secondary N) is 12. The van der Waals surface area contributed by atoms with Crippen LogP contribution in [0.2, 0.25) is 0 Å². The van der Waals surface area contributed by atoms with Crippen molar-refractivity contribution in [1.82, 2.24) is 63.7 Å². The molecule has 84 heavy (non-hydrogen) atoms. The molecule has 470 valence electrons. The number of alkyl carbamates (subject to hydrolysis) is 3. The van der Waals surface area contributed by atoms with Crippen LogP contribution < -0.4 is 63.7 Å². The van der Waals surface area contributed by atoms with E-state index in [0.717, 1.165) is 6.92 Å². The summed E-state index contributed by atoms with van der Waals surface area (Å²) in [6, 6.07) is -4.47. The Morgan fingerprint density at radius 3 is 1.49 bits per heavy atom. The number of rotatable bonds is 19. The fraction of sp³-hybridized carbons (Fsp3) is 0.667. The van der Waals surface area contributed by atoms with E-state index in [4.69, 9.17) is 14.2 Å². The van der Waals surface area contributed by atoms with Crippen molar-refractivity contribution in [2.75, 3.05) is 26.2 Å². The molecule has 0 aliphatic carbocycles. The molecule has 30 heteroatoms. The average Bonchev–Trinajstić information content (AvgIpc) is 3.58. The summed E-state index contributed by atoms with van der Waals surface area (Å²) in [5.41, 5.74) is -2.37. The summed E-state index contributed by atoms with van der Waals surface area (Å²) in [5, 5.41) is 51.1. The van der Waals surface area contributed by atoms with Crippen molar-refractivity contribution in [2.45, 2.75) is 199 Å². The van der Waals surface area contributed by atoms with E-state index < -0.39 is 162 Å². The van der Waals surface area contributed by atoms with Gasteiger partial charge in [0.15, 0.2) is 7.98 Å². The highest BCUT2D eigenvalue weighted by molar-refractivity contribution is 6.04. The summed E-state index contributed by atoms with van der Waals surface area (Å²) in [5.74, 6) is -9.94. The first-order chi connectivity index (χ1) is 39.0. The highest BCUT2D eigenvalue weighted by atomic mass is 16.6. The number of benzene rings is 1. The lowest BCUT2D eigenvalue weighted by Crippen LogP contribution is -2.61. The first kappa shape index (κ1) is 72.3. The number of hydrogen-bond acceptors (Lipinski definition) is 17. The second kappa shape index (κ2) is 34.1. The van der Waals surface area contributed by atoms with Crippen molar-refractivity contribution in [2.24, 2.45) is 5.92 Å². The van der Waals surface area contributed by atoms with Gasteiger partial charge in [0.25, 0.3) is 0 Å². The molecule has 0 saturated carbocycles. The third kappa shape index (κ3) is 29.0. The third-order valence-corrected chi connectivity index (χ3v) is 11.9. The molecule has 1 fully saturated rings. The van der Waals surface area contributed by atoms with Crippen LogP contribution in [0.1, 0.15) is 127 Å². The van der Waals surface area contributed by atoms with Gasteiger partial charge in [0.2, 0.25) is 47.3 Å². The molecule has 0 radical (unpaired) electrons. The van der Waals surface area contributed by atoms with Crippen molar-refractivity contribution in [3.63, 3.8) is 0 Å². The van der Waals surface area contributed by atoms with Gasteiger partial charge >= 0.3 is 24.2 Å². The molecule has 0 spiro atoms. The predicted octanol–water partition coefficient (Wildman–Crippen LogP) is -1.71. The molecule has 0 bridgehead atoms. The topological polar surface area (TPSA) is 417 Å². The molecule has 9 atom stereocenters. The Labute approximate surface area is 491 Å². The number of aliphatic hydroxyl groups excluding tert-OH is 1. The molecule has 2 rings (SSSR count). The van der Waals surface area contributed by atoms with Crippen LogP contribution >= 0.6 is 0 Å². The standard InChI is InChI=1S/C54H89BN12O17/c1-29(2)26-36-45(75)62-33(19-23-57-49(79)82-52(4,5)6)42(72)60-34(20-24-58-50(80)83-53(7,8)9)44(74)67-40(30(3)68)48(78)56-22-18-32(63-47(77)38(28-39(69)70)66-51(81)84-54(10,11)12)41(71)61-35(21-25-59-55)43(73)65-37(46(76)64-36)27-31-16-14-13-15-17-31/h13-17,29-30,32-38,40,59,68H,18-28,55H2,1-12H3,(H,56,78)(H,57,79)(H,58,80)(H,60,72)(H,61,71)(H,62,75)(H,63,77)(H,64,76)(H,65,73)(H,66,81)(H,67,74)(H,69,70)/t30-,32+,33+,34+,35+,36+,37-,38+,40+/m1/s1. The number of ether oxygens (including phenoxy) is 3. The van der Waals surface area contributed by atoms with Gasteiger partial charge in [-0.2, -0.15) is 0 Å². The van der Waals surface area contributed by atoms with Gasteiger partial charge in [-0.1, -0.05) is 44.2 Å². The molecule has 14 N–H and O–H groups in total. The minimum absolute atomic E-state index is 0.0349. The summed E-state index contributed by atoms with van der Waals surface area (Å²) >= 11 is 0. The molecular formula is C54H89BN12O17. The maximum absolute atomic E-state index is 14.6. The number of carboxylic acid groups (broad SMARTS) is 1. The van der Waals surface area contributed by atoms with Crippen LogP contribution in [0.15, 0.2) is 30.3 Å². The zero-order valence-electron chi connectivity index (χ0n) is 50.5. The zero-order valence-corrected chi connectivity index (χ0v) is 50.5. The van der Waals surface area contributed by atoms with Crippen LogP contribution in [0.4, 0.5) is 14.4 Å². The summed E-state index contributed by atoms with van der Waals surface area (Å²) in [4.78, 5) is 165. The van der Waals surface area contributed by atoms with Crippen molar-refractivity contribution in [3.05, 3.63) is 35.9 Å². The van der Waals surface area contributed by atoms with Gasteiger partial charge in [0.05, 0.1) is 12.5 Å². The number of amides is 11. The maximum Gasteiger partial charge on any atom is 0.408 e. The fourth-order valence-electron chi connectivity index (χ4n) is 7.97. The molecule has 1 aromatic rings. The summed E-state index contributed by atoms with van der Waals surface area (Å²) in [7, 11) is 1.56. The highest BCUT2D eigenvalue weighted by Crippen LogP contribution is 2.13. The van der Waals surface area contributed by atoms with Crippen molar-refractivity contribution in [1.29, 1.82) is 0 Å². The lowest BCUT2D eigenvalue weighted by Gasteiger charge is -2.29. The minimum Gasteiger partial charge on any atom is -0.481 e. The summed E-state index contributed by atoms with van der Waals surface area (Å²) in [6.45, 7) is 17.9. The van der Waals surface area contributed by atoms with Gasteiger partial charge in [-0.15, -0.1) is 0 Å². The average molecular weight is 1190 g/mol. The molecule has 1 aromatic carbocycles. The second-order valence-electron chi connectivity index (χ2n) is 23.6. The quantitative estimate of drug-likeness (QED) is 0.0542. The van der Waals surface area contributed by atoms with Crippen molar-refractivity contribution < 1.29 is 82.0 Å². The Morgan fingerprint density at radius 1 is 0.595 bits per heavy atom. The van der Waals surface area contributed by atoms with Crippen LogP contribution in [0.5, 0.6) is 0 Å².